The fraction of sp³-hybridized carbons (Fsp3) is 0.320. The number of rotatable bonds is 5. The molecule has 2 amide bonds. The van der Waals surface area contributed by atoms with Crippen molar-refractivity contribution in [1.29, 1.82) is 0 Å². The smallest absolute Gasteiger partial charge is 0.253 e. The van der Waals surface area contributed by atoms with Crippen LogP contribution in [0.4, 0.5) is 0 Å². The Morgan fingerprint density at radius 3 is 2.53 bits per heavy atom. The monoisotopic (exact) mass is 495 g/mol. The number of nitrogens with one attached hydrogen (secondary N) is 1. The van der Waals surface area contributed by atoms with Gasteiger partial charge in [-0.1, -0.05) is 22.0 Å². The van der Waals surface area contributed by atoms with Crippen LogP contribution in [-0.2, 0) is 0 Å². The molecule has 1 aliphatic rings. The minimum atomic E-state index is -0.0980. The minimum Gasteiger partial charge on any atom is -0.494 e. The van der Waals surface area contributed by atoms with E-state index in [4.69, 9.17) is 4.74 Å². The van der Waals surface area contributed by atoms with Gasteiger partial charge < -0.3 is 15.0 Å². The van der Waals surface area contributed by atoms with Crippen LogP contribution in [0.5, 0.6) is 5.75 Å². The second-order valence-electron chi connectivity index (χ2n) is 7.97. The first kappa shape index (κ1) is 22.3. The predicted octanol–water partition coefficient (Wildman–Crippen LogP) is 4.74. The number of aryl methyl sites for hydroxylation is 1. The molecule has 166 valence electrons. The molecule has 0 bridgehead atoms. The van der Waals surface area contributed by atoms with E-state index in [1.807, 2.05) is 55.1 Å². The third-order valence-corrected chi connectivity index (χ3v) is 6.17. The first-order chi connectivity index (χ1) is 15.4. The number of carbonyl (C=O) groups excluding carboxylic acids is 2. The zero-order valence-electron chi connectivity index (χ0n) is 18.2. The van der Waals surface area contributed by atoms with Crippen molar-refractivity contribution < 1.29 is 14.3 Å². The summed E-state index contributed by atoms with van der Waals surface area (Å²) in [7, 11) is 0. The lowest BCUT2D eigenvalue weighted by atomic mass is 10.0. The summed E-state index contributed by atoms with van der Waals surface area (Å²) >= 11 is 3.46. The van der Waals surface area contributed by atoms with E-state index in [1.54, 1.807) is 12.1 Å². The Kier molecular flexibility index (Phi) is 6.74. The van der Waals surface area contributed by atoms with Gasteiger partial charge in [-0.15, -0.1) is 0 Å². The minimum absolute atomic E-state index is 0.0131. The van der Waals surface area contributed by atoms with Crippen molar-refractivity contribution in [2.24, 2.45) is 0 Å². The van der Waals surface area contributed by atoms with Gasteiger partial charge in [0.25, 0.3) is 11.8 Å². The van der Waals surface area contributed by atoms with E-state index in [-0.39, 0.29) is 17.9 Å². The average molecular weight is 496 g/mol. The number of carbonyl (C=O) groups is 2. The molecule has 6 nitrogen and oxygen atoms in total. The van der Waals surface area contributed by atoms with Crippen LogP contribution in [0.15, 0.2) is 53.0 Å². The van der Waals surface area contributed by atoms with Crippen LogP contribution in [0.2, 0.25) is 0 Å². The number of pyridine rings is 1. The van der Waals surface area contributed by atoms with Gasteiger partial charge >= 0.3 is 0 Å². The van der Waals surface area contributed by atoms with Gasteiger partial charge in [0.1, 0.15) is 5.75 Å². The van der Waals surface area contributed by atoms with Crippen LogP contribution in [-0.4, -0.2) is 47.4 Å². The normalized spacial score (nSPS) is 14.4. The van der Waals surface area contributed by atoms with Crippen molar-refractivity contribution in [3.8, 4) is 5.75 Å². The van der Waals surface area contributed by atoms with E-state index >= 15 is 0 Å². The lowest BCUT2D eigenvalue weighted by Gasteiger charge is -2.32. The maximum Gasteiger partial charge on any atom is 0.253 e. The highest BCUT2D eigenvalue weighted by Gasteiger charge is 2.25. The lowest BCUT2D eigenvalue weighted by Crippen LogP contribution is -2.46. The number of benzene rings is 2. The summed E-state index contributed by atoms with van der Waals surface area (Å²) in [5, 5.41) is 3.99. The highest BCUT2D eigenvalue weighted by Crippen LogP contribution is 2.23. The molecule has 32 heavy (non-hydrogen) atoms. The van der Waals surface area contributed by atoms with Crippen LogP contribution in [0.3, 0.4) is 0 Å². The number of hydrogen-bond acceptors (Lipinski definition) is 4. The number of likely N-dealkylation sites (tertiary alicyclic amines) is 1. The summed E-state index contributed by atoms with van der Waals surface area (Å²) in [5.74, 6) is 0.676. The number of nitrogens with zero attached hydrogens (tertiary/aromatic N) is 2. The van der Waals surface area contributed by atoms with E-state index in [0.717, 1.165) is 39.7 Å². The number of hydrogen-bond donors (Lipinski definition) is 1. The second-order valence-corrected chi connectivity index (χ2v) is 8.89. The van der Waals surface area contributed by atoms with Crippen molar-refractivity contribution >= 4 is 38.6 Å². The Bertz CT molecular complexity index is 1130. The van der Waals surface area contributed by atoms with Crippen LogP contribution in [0.25, 0.3) is 10.9 Å². The van der Waals surface area contributed by atoms with Gasteiger partial charge in [-0.2, -0.15) is 0 Å². The van der Waals surface area contributed by atoms with Crippen molar-refractivity contribution in [3.05, 3.63) is 69.8 Å². The SMILES string of the molecule is CCOc1ccc(C(=O)N2CCC(NC(=O)c3cc(C)nc4cc(Br)ccc34)CC2)cc1. The van der Waals surface area contributed by atoms with Crippen LogP contribution in [0.1, 0.15) is 46.2 Å². The third-order valence-electron chi connectivity index (χ3n) is 5.67. The quantitative estimate of drug-likeness (QED) is 0.554. The molecule has 1 aromatic heterocycles. The molecule has 1 fully saturated rings. The molecule has 1 N–H and O–H groups in total. The number of amides is 2. The van der Waals surface area contributed by atoms with Gasteiger partial charge in [-0.05, 0) is 69.2 Å². The maximum absolute atomic E-state index is 13.0. The van der Waals surface area contributed by atoms with E-state index < -0.39 is 0 Å². The molecule has 0 spiro atoms. The molecule has 0 aliphatic carbocycles. The van der Waals surface area contributed by atoms with E-state index in [0.29, 0.717) is 30.8 Å². The number of fused-ring (bicyclic) bond motifs is 1. The lowest BCUT2D eigenvalue weighted by molar-refractivity contribution is 0.0698. The van der Waals surface area contributed by atoms with E-state index in [9.17, 15) is 9.59 Å². The number of halogens is 1. The Balaban J connectivity index is 1.38. The summed E-state index contributed by atoms with van der Waals surface area (Å²) in [6.07, 6.45) is 1.45. The molecule has 2 aromatic carbocycles. The highest BCUT2D eigenvalue weighted by atomic mass is 79.9. The summed E-state index contributed by atoms with van der Waals surface area (Å²) in [6.45, 7) is 5.64. The van der Waals surface area contributed by atoms with Gasteiger partial charge in [0.15, 0.2) is 0 Å². The van der Waals surface area contributed by atoms with Gasteiger partial charge in [0.2, 0.25) is 0 Å². The van der Waals surface area contributed by atoms with Crippen molar-refractivity contribution in [2.75, 3.05) is 19.7 Å². The van der Waals surface area contributed by atoms with Gasteiger partial charge in [0, 0.05) is 40.2 Å². The fourth-order valence-electron chi connectivity index (χ4n) is 4.05. The molecule has 1 aliphatic heterocycles. The van der Waals surface area contributed by atoms with Gasteiger partial charge in [-0.3, -0.25) is 14.6 Å². The molecule has 0 radical (unpaired) electrons. The van der Waals surface area contributed by atoms with E-state index in [2.05, 4.69) is 26.2 Å². The maximum atomic E-state index is 13.0. The van der Waals surface area contributed by atoms with Crippen molar-refractivity contribution in [3.63, 3.8) is 0 Å². The largest absolute Gasteiger partial charge is 0.494 e. The summed E-state index contributed by atoms with van der Waals surface area (Å²) < 4.78 is 6.37. The average Bonchev–Trinajstić information content (AvgIpc) is 2.79. The molecule has 4 rings (SSSR count). The first-order valence-electron chi connectivity index (χ1n) is 10.8. The van der Waals surface area contributed by atoms with Crippen molar-refractivity contribution in [2.45, 2.75) is 32.7 Å². The zero-order valence-corrected chi connectivity index (χ0v) is 19.8. The summed E-state index contributed by atoms with van der Waals surface area (Å²) in [5.41, 5.74) is 2.88. The summed E-state index contributed by atoms with van der Waals surface area (Å²) in [4.78, 5) is 32.2. The molecule has 0 unspecified atom stereocenters. The number of aromatic nitrogens is 1. The fourth-order valence-corrected chi connectivity index (χ4v) is 4.40. The zero-order chi connectivity index (χ0) is 22.7. The summed E-state index contributed by atoms with van der Waals surface area (Å²) in [6, 6.07) is 14.9. The molecule has 7 heteroatoms. The molecule has 0 atom stereocenters. The van der Waals surface area contributed by atoms with Gasteiger partial charge in [-0.25, -0.2) is 0 Å². The highest BCUT2D eigenvalue weighted by molar-refractivity contribution is 9.10. The number of piperidine rings is 1. The Morgan fingerprint density at radius 1 is 1.12 bits per heavy atom. The predicted molar refractivity (Wildman–Crippen MR) is 128 cm³/mol. The molecule has 3 aromatic rings. The molecule has 2 heterocycles. The van der Waals surface area contributed by atoms with Crippen LogP contribution >= 0.6 is 15.9 Å². The van der Waals surface area contributed by atoms with Crippen molar-refractivity contribution in [1.82, 2.24) is 15.2 Å². The third kappa shape index (κ3) is 4.93. The standard InChI is InChI=1S/C25H26BrN3O3/c1-3-32-20-7-4-17(5-8-20)25(31)29-12-10-19(11-13-29)28-24(30)22-14-16(2)27-23-15-18(26)6-9-21(22)23/h4-9,14-15,19H,3,10-13H2,1-2H3,(H,28,30). The van der Waals surface area contributed by atoms with Crippen LogP contribution in [0, 0.1) is 6.92 Å². The molecule has 0 saturated carbocycles. The van der Waals surface area contributed by atoms with Crippen LogP contribution < -0.4 is 10.1 Å². The number of ether oxygens (including phenoxy) is 1. The first-order valence-corrected chi connectivity index (χ1v) is 11.6. The molecular weight excluding hydrogens is 470 g/mol. The van der Waals surface area contributed by atoms with Gasteiger partial charge in [0.05, 0.1) is 17.7 Å². The molecule has 1 saturated heterocycles. The molecular formula is C25H26BrN3O3. The topological polar surface area (TPSA) is 71.5 Å². The second kappa shape index (κ2) is 9.69. The Morgan fingerprint density at radius 2 is 1.84 bits per heavy atom. The van der Waals surface area contributed by atoms with E-state index in [1.165, 1.54) is 0 Å². The Hall–Kier alpha value is -2.93. The Labute approximate surface area is 196 Å².